The minimum atomic E-state index is -1.21. The van der Waals surface area contributed by atoms with Gasteiger partial charge in [0.1, 0.15) is 35.0 Å². The van der Waals surface area contributed by atoms with E-state index in [1.807, 2.05) is 0 Å². The minimum absolute atomic E-state index is 0.128. The molecule has 0 spiro atoms. The lowest BCUT2D eigenvalue weighted by atomic mass is 9.90. The van der Waals surface area contributed by atoms with Gasteiger partial charge in [-0.3, -0.25) is 9.59 Å². The first-order valence-corrected chi connectivity index (χ1v) is 12.0. The summed E-state index contributed by atoms with van der Waals surface area (Å²) in [5.41, 5.74) is -0.164. The quantitative estimate of drug-likeness (QED) is 0.564. The van der Waals surface area contributed by atoms with Crippen molar-refractivity contribution in [2.24, 2.45) is 5.92 Å². The number of carbonyl (C=O) groups excluding carboxylic acids is 3. The third-order valence-electron chi connectivity index (χ3n) is 5.68. The Labute approximate surface area is 214 Å². The first kappa shape index (κ1) is 27.4. The van der Waals surface area contributed by atoms with Crippen molar-refractivity contribution in [2.45, 2.75) is 58.7 Å². The van der Waals surface area contributed by atoms with Gasteiger partial charge in [0.15, 0.2) is 0 Å². The maximum atomic E-state index is 14.3. The molecular formula is C26H30ClF2N3O4. The highest BCUT2D eigenvalue weighted by Gasteiger charge is 2.40. The van der Waals surface area contributed by atoms with E-state index < -0.39 is 52.9 Å². The van der Waals surface area contributed by atoms with Gasteiger partial charge in [-0.2, -0.15) is 0 Å². The number of alkyl carbamates (subject to hydrolysis) is 1. The molecule has 36 heavy (non-hydrogen) atoms. The highest BCUT2D eigenvalue weighted by molar-refractivity contribution is 6.30. The fourth-order valence-corrected chi connectivity index (χ4v) is 4.25. The predicted molar refractivity (Wildman–Crippen MR) is 133 cm³/mol. The van der Waals surface area contributed by atoms with Crippen molar-refractivity contribution in [2.75, 3.05) is 11.9 Å². The highest BCUT2D eigenvalue weighted by Crippen LogP contribution is 2.34. The number of nitrogens with one attached hydrogen (secondary N) is 2. The monoisotopic (exact) mass is 521 g/mol. The van der Waals surface area contributed by atoms with Gasteiger partial charge in [-0.1, -0.05) is 37.6 Å². The lowest BCUT2D eigenvalue weighted by Gasteiger charge is -2.39. The van der Waals surface area contributed by atoms with Gasteiger partial charge in [-0.25, -0.2) is 13.6 Å². The third kappa shape index (κ3) is 6.32. The molecule has 0 aromatic heterocycles. The number of amides is 3. The van der Waals surface area contributed by atoms with Gasteiger partial charge in [0.05, 0.1) is 0 Å². The molecule has 2 atom stereocenters. The van der Waals surface area contributed by atoms with Crippen LogP contribution in [0.25, 0.3) is 0 Å². The molecule has 10 heteroatoms. The smallest absolute Gasteiger partial charge is 0.408 e. The van der Waals surface area contributed by atoms with E-state index in [-0.39, 0.29) is 12.5 Å². The fourth-order valence-electron chi connectivity index (χ4n) is 4.05. The van der Waals surface area contributed by atoms with Crippen LogP contribution in [-0.2, 0) is 20.7 Å². The van der Waals surface area contributed by atoms with E-state index in [2.05, 4.69) is 10.6 Å². The largest absolute Gasteiger partial charge is 0.444 e. The molecule has 2 aromatic carbocycles. The molecule has 0 saturated heterocycles. The number of hydrogen-bond acceptors (Lipinski definition) is 4. The Morgan fingerprint density at radius 3 is 2.33 bits per heavy atom. The van der Waals surface area contributed by atoms with Crippen molar-refractivity contribution >= 4 is 35.2 Å². The minimum Gasteiger partial charge on any atom is -0.444 e. The Hall–Kier alpha value is -3.20. The van der Waals surface area contributed by atoms with Crippen LogP contribution in [-0.4, -0.2) is 41.0 Å². The number of ether oxygens (including phenoxy) is 1. The number of carbonyl (C=O) groups is 3. The number of benzene rings is 2. The van der Waals surface area contributed by atoms with Crippen LogP contribution in [0.2, 0.25) is 5.02 Å². The molecule has 194 valence electrons. The second-order valence-corrected chi connectivity index (χ2v) is 10.4. The normalized spacial score (nSPS) is 16.2. The summed E-state index contributed by atoms with van der Waals surface area (Å²) in [5, 5.41) is 5.36. The van der Waals surface area contributed by atoms with Crippen molar-refractivity contribution in [3.05, 3.63) is 64.2 Å². The molecule has 0 bridgehead atoms. The van der Waals surface area contributed by atoms with E-state index in [0.29, 0.717) is 17.0 Å². The molecule has 1 heterocycles. The molecule has 0 radical (unpaired) electrons. The van der Waals surface area contributed by atoms with Crippen LogP contribution in [0.5, 0.6) is 0 Å². The van der Waals surface area contributed by atoms with E-state index >= 15 is 0 Å². The van der Waals surface area contributed by atoms with Crippen LogP contribution in [0, 0.1) is 17.6 Å². The molecule has 1 aliphatic rings. The molecule has 0 aliphatic carbocycles. The zero-order valence-corrected chi connectivity index (χ0v) is 21.6. The van der Waals surface area contributed by atoms with E-state index in [1.54, 1.807) is 52.8 Å². The van der Waals surface area contributed by atoms with Crippen LogP contribution in [0.4, 0.5) is 19.3 Å². The van der Waals surface area contributed by atoms with Gasteiger partial charge in [-0.05, 0) is 68.5 Å². The fraction of sp³-hybridized carbons (Fsp3) is 0.423. The van der Waals surface area contributed by atoms with Gasteiger partial charge in [0, 0.05) is 11.6 Å². The van der Waals surface area contributed by atoms with Gasteiger partial charge < -0.3 is 20.3 Å². The zero-order valence-electron chi connectivity index (χ0n) is 20.8. The zero-order chi connectivity index (χ0) is 26.8. The van der Waals surface area contributed by atoms with Crippen LogP contribution < -0.4 is 10.6 Å². The number of nitrogens with zero attached hydrogens (tertiary/aromatic N) is 1. The van der Waals surface area contributed by atoms with E-state index in [9.17, 15) is 23.2 Å². The average Bonchev–Trinajstić information content (AvgIpc) is 2.77. The summed E-state index contributed by atoms with van der Waals surface area (Å²) in [5.74, 6) is -3.55. The van der Waals surface area contributed by atoms with Crippen LogP contribution >= 0.6 is 11.6 Å². The predicted octanol–water partition coefficient (Wildman–Crippen LogP) is 5.23. The Morgan fingerprint density at radius 1 is 1.11 bits per heavy atom. The van der Waals surface area contributed by atoms with Gasteiger partial charge in [-0.15, -0.1) is 0 Å². The highest BCUT2D eigenvalue weighted by atomic mass is 35.5. The van der Waals surface area contributed by atoms with Crippen molar-refractivity contribution in [1.82, 2.24) is 10.2 Å². The van der Waals surface area contributed by atoms with Crippen LogP contribution in [0.1, 0.15) is 51.8 Å². The second kappa shape index (κ2) is 10.8. The Kier molecular flexibility index (Phi) is 8.23. The summed E-state index contributed by atoms with van der Waals surface area (Å²) >= 11 is 6.13. The van der Waals surface area contributed by atoms with E-state index in [0.717, 1.165) is 17.7 Å². The molecule has 0 saturated carbocycles. The maximum Gasteiger partial charge on any atom is 0.408 e. The number of fused-ring (bicyclic) bond motifs is 1. The van der Waals surface area contributed by atoms with Gasteiger partial charge >= 0.3 is 6.09 Å². The summed E-state index contributed by atoms with van der Waals surface area (Å²) in [6.45, 7) is 8.74. The third-order valence-corrected chi connectivity index (χ3v) is 5.92. The number of rotatable bonds is 5. The molecule has 3 amide bonds. The molecule has 1 aliphatic heterocycles. The van der Waals surface area contributed by atoms with Crippen molar-refractivity contribution in [1.29, 1.82) is 0 Å². The molecule has 2 aromatic rings. The van der Waals surface area contributed by atoms with E-state index in [1.165, 1.54) is 11.0 Å². The Bertz CT molecular complexity index is 1150. The number of hydrogen-bond donors (Lipinski definition) is 2. The lowest BCUT2D eigenvalue weighted by molar-refractivity contribution is -0.142. The SMILES string of the molecule is CC(C)C(NC(=O)OC(C)(C)C)C(=O)N1CCc2cc(Cl)ccc2[C@H]1C(=O)Nc1c(F)cccc1F. The topological polar surface area (TPSA) is 87.7 Å². The molecule has 1 unspecified atom stereocenters. The molecule has 3 rings (SSSR count). The lowest BCUT2D eigenvalue weighted by Crippen LogP contribution is -2.55. The van der Waals surface area contributed by atoms with Crippen molar-refractivity contribution < 1.29 is 27.9 Å². The number of halogens is 3. The maximum absolute atomic E-state index is 14.3. The van der Waals surface area contributed by atoms with Crippen LogP contribution in [0.3, 0.4) is 0 Å². The number of anilines is 1. The van der Waals surface area contributed by atoms with Gasteiger partial charge in [0.25, 0.3) is 5.91 Å². The first-order valence-electron chi connectivity index (χ1n) is 11.6. The molecule has 2 N–H and O–H groups in total. The Balaban J connectivity index is 1.97. The van der Waals surface area contributed by atoms with Crippen molar-refractivity contribution in [3.63, 3.8) is 0 Å². The van der Waals surface area contributed by atoms with E-state index in [4.69, 9.17) is 16.3 Å². The van der Waals surface area contributed by atoms with Crippen LogP contribution in [0.15, 0.2) is 36.4 Å². The molecular weight excluding hydrogens is 492 g/mol. The van der Waals surface area contributed by atoms with Crippen molar-refractivity contribution in [3.8, 4) is 0 Å². The first-order chi connectivity index (χ1) is 16.8. The number of para-hydroxylation sites is 1. The molecule has 7 nitrogen and oxygen atoms in total. The Morgan fingerprint density at radius 2 is 1.75 bits per heavy atom. The summed E-state index contributed by atoms with van der Waals surface area (Å²) in [4.78, 5) is 40.9. The summed E-state index contributed by atoms with van der Waals surface area (Å²) in [6.07, 6.45) is -0.371. The standard InChI is InChI=1S/C26H30ClF2N3O4/c1-14(2)20(31-25(35)36-26(3,4)5)24(34)32-12-11-15-13-16(27)9-10-17(15)22(32)23(33)30-21-18(28)7-6-8-19(21)29/h6-10,13-14,20,22H,11-12H2,1-5H3,(H,30,33)(H,31,35)/t20?,22-/m0/s1. The summed E-state index contributed by atoms with van der Waals surface area (Å²) in [7, 11) is 0. The summed E-state index contributed by atoms with van der Waals surface area (Å²) < 4.78 is 33.9. The average molecular weight is 522 g/mol. The molecule has 0 fully saturated rings. The van der Waals surface area contributed by atoms with Gasteiger partial charge in [0.2, 0.25) is 5.91 Å². The summed E-state index contributed by atoms with van der Waals surface area (Å²) in [6, 6.07) is 5.91. The second-order valence-electron chi connectivity index (χ2n) is 9.98.